The number of hydrogen-bond donors (Lipinski definition) is 1. The van der Waals surface area contributed by atoms with Crippen molar-refractivity contribution in [1.82, 2.24) is 10.2 Å². The molecular formula is C14H20ClF3N2O. The molecule has 120 valence electrons. The van der Waals surface area contributed by atoms with Crippen LogP contribution in [0.4, 0.5) is 13.2 Å². The third kappa shape index (κ3) is 4.25. The van der Waals surface area contributed by atoms with E-state index in [1.54, 1.807) is 6.07 Å². The summed E-state index contributed by atoms with van der Waals surface area (Å²) in [6.07, 6.45) is -4.29. The molecule has 0 spiro atoms. The standard InChI is InChI=1S/C14H19F3N2O.ClH/c1-10-3-4-11(9-12(10)20-2)13(14(15,16)17)19-7-5-18-6-8-19;/h3-4,9,13,18H,5-8H2,1-2H3;1H/t13-;/m0./s1. The van der Waals surface area contributed by atoms with Crippen molar-refractivity contribution in [3.05, 3.63) is 29.3 Å². The van der Waals surface area contributed by atoms with E-state index in [-0.39, 0.29) is 18.0 Å². The van der Waals surface area contributed by atoms with Gasteiger partial charge in [0.15, 0.2) is 0 Å². The van der Waals surface area contributed by atoms with Crippen LogP contribution in [0.3, 0.4) is 0 Å². The lowest BCUT2D eigenvalue weighted by Gasteiger charge is -2.36. The number of methoxy groups -OCH3 is 1. The first-order chi connectivity index (χ1) is 9.43. The molecule has 1 heterocycles. The Hall–Kier alpha value is -0.980. The molecule has 1 aliphatic rings. The van der Waals surface area contributed by atoms with Crippen molar-refractivity contribution in [2.24, 2.45) is 0 Å². The van der Waals surface area contributed by atoms with Crippen LogP contribution in [0.5, 0.6) is 5.75 Å². The summed E-state index contributed by atoms with van der Waals surface area (Å²) >= 11 is 0. The Morgan fingerprint density at radius 1 is 1.24 bits per heavy atom. The smallest absolute Gasteiger partial charge is 0.408 e. The average Bonchev–Trinajstić information content (AvgIpc) is 2.40. The van der Waals surface area contributed by atoms with Gasteiger partial charge in [0, 0.05) is 26.2 Å². The summed E-state index contributed by atoms with van der Waals surface area (Å²) in [6.45, 7) is 3.75. The number of alkyl halides is 3. The van der Waals surface area contributed by atoms with Crippen molar-refractivity contribution >= 4 is 12.4 Å². The first kappa shape index (κ1) is 18.1. The van der Waals surface area contributed by atoms with Gasteiger partial charge < -0.3 is 10.1 Å². The quantitative estimate of drug-likeness (QED) is 0.925. The number of hydrogen-bond acceptors (Lipinski definition) is 3. The second-order valence-electron chi connectivity index (χ2n) is 4.96. The minimum atomic E-state index is -4.29. The summed E-state index contributed by atoms with van der Waals surface area (Å²) in [5, 5.41) is 3.07. The predicted molar refractivity (Wildman–Crippen MR) is 78.2 cm³/mol. The summed E-state index contributed by atoms with van der Waals surface area (Å²) < 4.78 is 45.4. The van der Waals surface area contributed by atoms with Crippen LogP contribution in [-0.4, -0.2) is 44.4 Å². The zero-order valence-corrected chi connectivity index (χ0v) is 12.9. The molecule has 0 amide bonds. The molecule has 1 aliphatic heterocycles. The van der Waals surface area contributed by atoms with Crippen LogP contribution in [-0.2, 0) is 0 Å². The van der Waals surface area contributed by atoms with E-state index >= 15 is 0 Å². The van der Waals surface area contributed by atoms with Crippen LogP contribution in [0.2, 0.25) is 0 Å². The summed E-state index contributed by atoms with van der Waals surface area (Å²) in [6, 6.07) is 3.14. The molecule has 3 nitrogen and oxygen atoms in total. The van der Waals surface area contributed by atoms with E-state index in [4.69, 9.17) is 4.74 Å². The molecule has 0 aliphatic carbocycles. The average molecular weight is 325 g/mol. The highest BCUT2D eigenvalue weighted by Gasteiger charge is 2.45. The number of nitrogens with one attached hydrogen (secondary N) is 1. The van der Waals surface area contributed by atoms with Gasteiger partial charge in [-0.1, -0.05) is 12.1 Å². The molecule has 7 heteroatoms. The van der Waals surface area contributed by atoms with Gasteiger partial charge in [0.05, 0.1) is 7.11 Å². The summed E-state index contributed by atoms with van der Waals surface area (Å²) in [5.74, 6) is 0.492. The van der Waals surface area contributed by atoms with Crippen molar-refractivity contribution < 1.29 is 17.9 Å². The van der Waals surface area contributed by atoms with Crippen molar-refractivity contribution in [1.29, 1.82) is 0 Å². The Bertz CT molecular complexity index is 462. The zero-order chi connectivity index (χ0) is 14.8. The number of ether oxygens (including phenoxy) is 1. The molecule has 1 aromatic carbocycles. The minimum Gasteiger partial charge on any atom is -0.496 e. The van der Waals surface area contributed by atoms with Gasteiger partial charge in [-0.3, -0.25) is 4.90 Å². The highest BCUT2D eigenvalue weighted by atomic mass is 35.5. The van der Waals surface area contributed by atoms with Crippen LogP contribution in [0, 0.1) is 6.92 Å². The largest absolute Gasteiger partial charge is 0.496 e. The molecule has 0 unspecified atom stereocenters. The van der Waals surface area contributed by atoms with Crippen LogP contribution >= 0.6 is 12.4 Å². The number of aryl methyl sites for hydroxylation is 1. The maximum absolute atomic E-state index is 13.4. The molecule has 0 saturated carbocycles. The Morgan fingerprint density at radius 3 is 2.38 bits per heavy atom. The van der Waals surface area contributed by atoms with E-state index in [2.05, 4.69) is 5.32 Å². The highest BCUT2D eigenvalue weighted by molar-refractivity contribution is 5.85. The molecule has 1 saturated heterocycles. The van der Waals surface area contributed by atoms with Gasteiger partial charge >= 0.3 is 6.18 Å². The molecule has 1 N–H and O–H groups in total. The van der Waals surface area contributed by atoms with Crippen LogP contribution < -0.4 is 10.1 Å². The fourth-order valence-corrected chi connectivity index (χ4v) is 2.55. The fraction of sp³-hybridized carbons (Fsp3) is 0.571. The Labute approximate surface area is 128 Å². The Kier molecular flexibility index (Phi) is 6.31. The topological polar surface area (TPSA) is 24.5 Å². The SMILES string of the molecule is COc1cc([C@H](N2CCNCC2)C(F)(F)F)ccc1C.Cl. The van der Waals surface area contributed by atoms with E-state index in [0.717, 1.165) is 5.56 Å². The first-order valence-electron chi connectivity index (χ1n) is 6.59. The second kappa shape index (κ2) is 7.33. The highest BCUT2D eigenvalue weighted by Crippen LogP contribution is 2.39. The molecule has 0 bridgehead atoms. The minimum absolute atomic E-state index is 0. The molecule has 0 aromatic heterocycles. The number of piperazine rings is 1. The van der Waals surface area contributed by atoms with E-state index in [1.807, 2.05) is 6.92 Å². The van der Waals surface area contributed by atoms with Crippen LogP contribution in [0.1, 0.15) is 17.2 Å². The molecule has 1 fully saturated rings. The van der Waals surface area contributed by atoms with Crippen molar-refractivity contribution in [3.8, 4) is 5.75 Å². The van der Waals surface area contributed by atoms with Gasteiger partial charge in [0.25, 0.3) is 0 Å². The zero-order valence-electron chi connectivity index (χ0n) is 12.0. The van der Waals surface area contributed by atoms with Gasteiger partial charge in [-0.2, -0.15) is 13.2 Å². The maximum atomic E-state index is 13.4. The van der Waals surface area contributed by atoms with E-state index in [9.17, 15) is 13.2 Å². The fourth-order valence-electron chi connectivity index (χ4n) is 2.55. The number of halogens is 4. The second-order valence-corrected chi connectivity index (χ2v) is 4.96. The lowest BCUT2D eigenvalue weighted by molar-refractivity contribution is -0.187. The number of benzene rings is 1. The Morgan fingerprint density at radius 2 is 1.86 bits per heavy atom. The molecule has 21 heavy (non-hydrogen) atoms. The van der Waals surface area contributed by atoms with Crippen molar-refractivity contribution in [2.75, 3.05) is 33.3 Å². The van der Waals surface area contributed by atoms with Crippen molar-refractivity contribution in [3.63, 3.8) is 0 Å². The third-order valence-corrected chi connectivity index (χ3v) is 3.57. The molecule has 1 atom stereocenters. The van der Waals surface area contributed by atoms with Gasteiger partial charge in [0.2, 0.25) is 0 Å². The third-order valence-electron chi connectivity index (χ3n) is 3.57. The molecule has 1 aromatic rings. The van der Waals surface area contributed by atoms with Gasteiger partial charge in [0.1, 0.15) is 11.8 Å². The lowest BCUT2D eigenvalue weighted by Crippen LogP contribution is -2.49. The van der Waals surface area contributed by atoms with E-state index in [1.165, 1.54) is 24.1 Å². The molecule has 0 radical (unpaired) electrons. The summed E-state index contributed by atoms with van der Waals surface area (Å²) in [4.78, 5) is 1.47. The van der Waals surface area contributed by atoms with Crippen LogP contribution in [0.25, 0.3) is 0 Å². The van der Waals surface area contributed by atoms with E-state index in [0.29, 0.717) is 31.9 Å². The van der Waals surface area contributed by atoms with Gasteiger partial charge in [-0.25, -0.2) is 0 Å². The monoisotopic (exact) mass is 324 g/mol. The predicted octanol–water partition coefficient (Wildman–Crippen LogP) is 2.93. The number of nitrogens with zero attached hydrogens (tertiary/aromatic N) is 1. The summed E-state index contributed by atoms with van der Waals surface area (Å²) in [5.41, 5.74) is 1.07. The Balaban J connectivity index is 0.00000220. The molecule has 2 rings (SSSR count). The maximum Gasteiger partial charge on any atom is 0.408 e. The number of rotatable bonds is 3. The normalized spacial score (nSPS) is 18.0. The first-order valence-corrected chi connectivity index (χ1v) is 6.59. The van der Waals surface area contributed by atoms with Crippen LogP contribution in [0.15, 0.2) is 18.2 Å². The van der Waals surface area contributed by atoms with Gasteiger partial charge in [-0.15, -0.1) is 12.4 Å². The van der Waals surface area contributed by atoms with Gasteiger partial charge in [-0.05, 0) is 24.1 Å². The molecular weight excluding hydrogens is 305 g/mol. The lowest BCUT2D eigenvalue weighted by atomic mass is 10.0. The van der Waals surface area contributed by atoms with Crippen molar-refractivity contribution in [2.45, 2.75) is 19.1 Å². The summed E-state index contributed by atoms with van der Waals surface area (Å²) in [7, 11) is 1.47. The van der Waals surface area contributed by atoms with E-state index < -0.39 is 12.2 Å².